The largest absolute Gasteiger partial charge is 0.376 e. The van der Waals surface area contributed by atoms with Crippen molar-refractivity contribution < 1.29 is 14.3 Å². The summed E-state index contributed by atoms with van der Waals surface area (Å²) in [5.41, 5.74) is 2.43. The molecule has 2 amide bonds. The zero-order valence-electron chi connectivity index (χ0n) is 15.8. The number of ether oxygens (including phenoxy) is 1. The Kier molecular flexibility index (Phi) is 7.55. The van der Waals surface area contributed by atoms with Crippen LogP contribution in [0.4, 0.5) is 0 Å². The van der Waals surface area contributed by atoms with Crippen LogP contribution in [0, 0.1) is 0 Å². The summed E-state index contributed by atoms with van der Waals surface area (Å²) in [7, 11) is 0. The van der Waals surface area contributed by atoms with Crippen LogP contribution >= 0.6 is 11.8 Å². The molecule has 0 aromatic heterocycles. The van der Waals surface area contributed by atoms with Crippen molar-refractivity contribution in [1.82, 2.24) is 16.0 Å². The minimum absolute atomic E-state index is 0.0994. The lowest BCUT2D eigenvalue weighted by atomic mass is 9.95. The maximum atomic E-state index is 12.8. The summed E-state index contributed by atoms with van der Waals surface area (Å²) in [6.07, 6.45) is 5.39. The van der Waals surface area contributed by atoms with E-state index < -0.39 is 6.04 Å². The molecule has 1 fully saturated rings. The van der Waals surface area contributed by atoms with E-state index in [1.165, 1.54) is 11.1 Å². The molecular weight excluding hydrogens is 362 g/mol. The summed E-state index contributed by atoms with van der Waals surface area (Å²) in [5.74, 6) is 0.589. The molecule has 6 nitrogen and oxygen atoms in total. The number of carbonyl (C=O) groups is 2. The molecule has 7 heteroatoms. The molecule has 3 rings (SSSR count). The second kappa shape index (κ2) is 10.1. The Labute approximate surface area is 165 Å². The van der Waals surface area contributed by atoms with E-state index >= 15 is 0 Å². The minimum atomic E-state index is -0.509. The first-order valence-electron chi connectivity index (χ1n) is 9.66. The first kappa shape index (κ1) is 20.2. The fraction of sp³-hybridized carbons (Fsp3) is 0.600. The second-order valence-corrected chi connectivity index (χ2v) is 8.11. The maximum Gasteiger partial charge on any atom is 0.242 e. The number of hydrogen-bond donors (Lipinski definition) is 3. The lowest BCUT2D eigenvalue weighted by molar-refractivity contribution is -0.130. The normalized spacial score (nSPS) is 22.7. The highest BCUT2D eigenvalue weighted by molar-refractivity contribution is 7.98. The van der Waals surface area contributed by atoms with E-state index in [-0.39, 0.29) is 24.0 Å². The molecule has 1 aromatic rings. The predicted molar refractivity (Wildman–Crippen MR) is 108 cm³/mol. The van der Waals surface area contributed by atoms with Crippen molar-refractivity contribution in [1.29, 1.82) is 0 Å². The van der Waals surface area contributed by atoms with Crippen LogP contribution in [-0.2, 0) is 27.3 Å². The Balaban J connectivity index is 1.54. The fourth-order valence-electron chi connectivity index (χ4n) is 3.56. The molecule has 2 aliphatic heterocycles. The van der Waals surface area contributed by atoms with Gasteiger partial charge in [-0.15, -0.1) is 0 Å². The summed E-state index contributed by atoms with van der Waals surface area (Å²) in [6.45, 7) is 1.95. The van der Waals surface area contributed by atoms with E-state index in [2.05, 4.69) is 28.1 Å². The van der Waals surface area contributed by atoms with Crippen LogP contribution in [0.5, 0.6) is 0 Å². The molecule has 0 spiro atoms. The molecule has 148 valence electrons. The van der Waals surface area contributed by atoms with Crippen molar-refractivity contribution in [2.24, 2.45) is 0 Å². The molecule has 0 radical (unpaired) electrons. The van der Waals surface area contributed by atoms with Crippen LogP contribution in [0.2, 0.25) is 0 Å². The summed E-state index contributed by atoms with van der Waals surface area (Å²) in [5, 5.41) is 9.19. The molecule has 0 bridgehead atoms. The van der Waals surface area contributed by atoms with Crippen LogP contribution < -0.4 is 16.0 Å². The number of amides is 2. The summed E-state index contributed by atoms with van der Waals surface area (Å²) in [6, 6.07) is 7.34. The highest BCUT2D eigenvalue weighted by atomic mass is 32.2. The molecular formula is C20H29N3O3S. The van der Waals surface area contributed by atoms with Crippen LogP contribution in [0.3, 0.4) is 0 Å². The number of benzene rings is 1. The first-order chi connectivity index (χ1) is 13.2. The van der Waals surface area contributed by atoms with E-state index in [9.17, 15) is 9.59 Å². The molecule has 3 N–H and O–H groups in total. The number of hydrogen-bond acceptors (Lipinski definition) is 5. The predicted octanol–water partition coefficient (Wildman–Crippen LogP) is 1.23. The van der Waals surface area contributed by atoms with Gasteiger partial charge in [0.2, 0.25) is 11.8 Å². The Morgan fingerprint density at radius 1 is 1.33 bits per heavy atom. The molecule has 3 atom stereocenters. The van der Waals surface area contributed by atoms with Gasteiger partial charge in [-0.05, 0) is 48.8 Å². The van der Waals surface area contributed by atoms with Gasteiger partial charge in [0.1, 0.15) is 6.04 Å². The van der Waals surface area contributed by atoms with Gasteiger partial charge in [0, 0.05) is 19.7 Å². The summed E-state index contributed by atoms with van der Waals surface area (Å²) in [4.78, 5) is 25.4. The quantitative estimate of drug-likeness (QED) is 0.621. The van der Waals surface area contributed by atoms with Crippen LogP contribution in [-0.4, -0.2) is 55.2 Å². The monoisotopic (exact) mass is 391 g/mol. The zero-order chi connectivity index (χ0) is 19.1. The Bertz CT molecular complexity index is 649. The van der Waals surface area contributed by atoms with E-state index in [4.69, 9.17) is 4.74 Å². The number of carbonyl (C=O) groups excluding carboxylic acids is 2. The van der Waals surface area contributed by atoms with E-state index in [1.54, 1.807) is 11.8 Å². The average Bonchev–Trinajstić information content (AvgIpc) is 3.22. The Morgan fingerprint density at radius 3 is 2.89 bits per heavy atom. The summed E-state index contributed by atoms with van der Waals surface area (Å²) < 4.78 is 5.56. The van der Waals surface area contributed by atoms with Gasteiger partial charge < -0.3 is 20.7 Å². The number of thioether (sulfide) groups is 1. The van der Waals surface area contributed by atoms with E-state index in [0.717, 1.165) is 25.2 Å². The number of fused-ring (bicyclic) bond motifs is 1. The molecule has 2 aliphatic rings. The Hall–Kier alpha value is -1.57. The molecule has 0 unspecified atom stereocenters. The van der Waals surface area contributed by atoms with Crippen molar-refractivity contribution in [3.8, 4) is 0 Å². The van der Waals surface area contributed by atoms with Crippen LogP contribution in [0.25, 0.3) is 0 Å². The van der Waals surface area contributed by atoms with Crippen molar-refractivity contribution in [2.45, 2.75) is 50.4 Å². The van der Waals surface area contributed by atoms with Gasteiger partial charge in [-0.1, -0.05) is 24.3 Å². The van der Waals surface area contributed by atoms with E-state index in [0.29, 0.717) is 25.9 Å². The standard InChI is InChI=1S/C20H29N3O3S/c1-27-10-8-17(19(24)22-13-16-7-4-9-26-16)23-20(25)18-11-14-5-2-3-6-15(14)12-21-18/h2-3,5-6,16-18,21H,4,7-13H2,1H3,(H,22,24)(H,23,25)/t16-,17-,18+/m1/s1. The molecule has 0 aliphatic carbocycles. The first-order valence-corrected chi connectivity index (χ1v) is 11.1. The lowest BCUT2D eigenvalue weighted by Gasteiger charge is -2.27. The van der Waals surface area contributed by atoms with Crippen LogP contribution in [0.1, 0.15) is 30.4 Å². The Morgan fingerprint density at radius 2 is 2.15 bits per heavy atom. The third kappa shape index (κ3) is 5.70. The van der Waals surface area contributed by atoms with Crippen LogP contribution in [0.15, 0.2) is 24.3 Å². The highest BCUT2D eigenvalue weighted by Gasteiger charge is 2.28. The lowest BCUT2D eigenvalue weighted by Crippen LogP contribution is -2.55. The van der Waals surface area contributed by atoms with Crippen molar-refractivity contribution in [3.63, 3.8) is 0 Å². The zero-order valence-corrected chi connectivity index (χ0v) is 16.6. The molecule has 1 saturated heterocycles. The van der Waals surface area contributed by atoms with Gasteiger partial charge in [-0.2, -0.15) is 11.8 Å². The topological polar surface area (TPSA) is 79.5 Å². The second-order valence-electron chi connectivity index (χ2n) is 7.13. The van der Waals surface area contributed by atoms with Crippen molar-refractivity contribution in [3.05, 3.63) is 35.4 Å². The van der Waals surface area contributed by atoms with Crippen molar-refractivity contribution >= 4 is 23.6 Å². The van der Waals surface area contributed by atoms with Gasteiger partial charge in [0.05, 0.1) is 12.1 Å². The third-order valence-electron chi connectivity index (χ3n) is 5.17. The molecule has 2 heterocycles. The smallest absolute Gasteiger partial charge is 0.242 e. The molecule has 1 aromatic carbocycles. The maximum absolute atomic E-state index is 12.8. The highest BCUT2D eigenvalue weighted by Crippen LogP contribution is 2.16. The van der Waals surface area contributed by atoms with Gasteiger partial charge >= 0.3 is 0 Å². The van der Waals surface area contributed by atoms with E-state index in [1.807, 2.05) is 18.4 Å². The van der Waals surface area contributed by atoms with Crippen molar-refractivity contribution in [2.75, 3.05) is 25.2 Å². The average molecular weight is 392 g/mol. The molecule has 27 heavy (non-hydrogen) atoms. The number of rotatable bonds is 8. The summed E-state index contributed by atoms with van der Waals surface area (Å²) >= 11 is 1.67. The minimum Gasteiger partial charge on any atom is -0.376 e. The van der Waals surface area contributed by atoms with Gasteiger partial charge in [-0.3, -0.25) is 9.59 Å². The van der Waals surface area contributed by atoms with Gasteiger partial charge in [0.25, 0.3) is 0 Å². The number of nitrogens with one attached hydrogen (secondary N) is 3. The van der Waals surface area contributed by atoms with Gasteiger partial charge in [-0.25, -0.2) is 0 Å². The van der Waals surface area contributed by atoms with Gasteiger partial charge in [0.15, 0.2) is 0 Å². The SMILES string of the molecule is CSCC[C@@H](NC(=O)[C@@H]1Cc2ccccc2CN1)C(=O)NC[C@H]1CCCO1. The molecule has 0 saturated carbocycles. The third-order valence-corrected chi connectivity index (χ3v) is 5.81. The fourth-order valence-corrected chi connectivity index (χ4v) is 4.03.